The van der Waals surface area contributed by atoms with Crippen LogP contribution in [0.4, 0.5) is 0 Å². The first-order chi connectivity index (χ1) is 12.2. The highest BCUT2D eigenvalue weighted by Gasteiger charge is 2.30. The quantitative estimate of drug-likeness (QED) is 0.580. The molecule has 0 radical (unpaired) electrons. The molecule has 0 saturated heterocycles. The molecule has 0 spiro atoms. The van der Waals surface area contributed by atoms with E-state index in [1.807, 2.05) is 30.3 Å². The second kappa shape index (κ2) is 7.79. The molecule has 0 aliphatic heterocycles. The topological polar surface area (TPSA) is 131 Å². The van der Waals surface area contributed by atoms with E-state index in [4.69, 9.17) is 5.11 Å². The van der Waals surface area contributed by atoms with Crippen molar-refractivity contribution in [3.8, 4) is 0 Å². The second-order valence-corrected chi connectivity index (χ2v) is 5.99. The molecular weight excluding hydrogens is 342 g/mol. The summed E-state index contributed by atoms with van der Waals surface area (Å²) in [5.41, 5.74) is -2.62. The van der Waals surface area contributed by atoms with Crippen LogP contribution in [0.15, 0.2) is 52.2 Å². The van der Waals surface area contributed by atoms with Crippen molar-refractivity contribution >= 4 is 11.9 Å². The number of carboxylic acids is 1. The zero-order chi connectivity index (χ0) is 19.3. The van der Waals surface area contributed by atoms with E-state index in [-0.39, 0.29) is 6.54 Å². The Morgan fingerprint density at radius 3 is 2.42 bits per heavy atom. The van der Waals surface area contributed by atoms with Gasteiger partial charge in [0.2, 0.25) is 5.91 Å². The predicted molar refractivity (Wildman–Crippen MR) is 91.8 cm³/mol. The molecule has 1 amide bonds. The second-order valence-electron chi connectivity index (χ2n) is 5.99. The molecular formula is C17H19N3O6. The Bertz CT molecular complexity index is 914. The van der Waals surface area contributed by atoms with Gasteiger partial charge in [0.1, 0.15) is 6.54 Å². The van der Waals surface area contributed by atoms with Crippen molar-refractivity contribution in [3.63, 3.8) is 0 Å². The first-order valence-corrected chi connectivity index (χ1v) is 7.77. The van der Waals surface area contributed by atoms with Gasteiger partial charge in [-0.1, -0.05) is 30.3 Å². The average molecular weight is 361 g/mol. The molecule has 9 nitrogen and oxygen atoms in total. The largest absolute Gasteiger partial charge is 0.479 e. The fraction of sp³-hybridized carbons (Fsp3) is 0.294. The summed E-state index contributed by atoms with van der Waals surface area (Å²) in [7, 11) is 0. The van der Waals surface area contributed by atoms with Gasteiger partial charge in [0.05, 0.1) is 13.1 Å². The smallest absolute Gasteiger partial charge is 0.337 e. The summed E-state index contributed by atoms with van der Waals surface area (Å²) in [5, 5.41) is 20.6. The molecule has 1 unspecified atom stereocenters. The monoisotopic (exact) mass is 361 g/mol. The van der Waals surface area contributed by atoms with Gasteiger partial charge in [-0.2, -0.15) is 0 Å². The lowest BCUT2D eigenvalue weighted by Gasteiger charge is -2.18. The van der Waals surface area contributed by atoms with Crippen LogP contribution < -0.4 is 16.6 Å². The third-order valence-electron chi connectivity index (χ3n) is 3.73. The molecule has 9 heteroatoms. The maximum Gasteiger partial charge on any atom is 0.337 e. The van der Waals surface area contributed by atoms with Crippen molar-refractivity contribution < 1.29 is 19.8 Å². The van der Waals surface area contributed by atoms with Crippen LogP contribution in [0.3, 0.4) is 0 Å². The van der Waals surface area contributed by atoms with E-state index in [1.165, 1.54) is 16.8 Å². The van der Waals surface area contributed by atoms with Crippen molar-refractivity contribution in [2.24, 2.45) is 0 Å². The molecule has 0 aliphatic rings. The number of aliphatic carboxylic acids is 1. The fourth-order valence-electron chi connectivity index (χ4n) is 2.15. The van der Waals surface area contributed by atoms with E-state index in [0.29, 0.717) is 0 Å². The van der Waals surface area contributed by atoms with Gasteiger partial charge in [-0.3, -0.25) is 18.7 Å². The van der Waals surface area contributed by atoms with Crippen LogP contribution in [0.2, 0.25) is 0 Å². The molecule has 1 aromatic heterocycles. The Balaban J connectivity index is 2.15. The van der Waals surface area contributed by atoms with Gasteiger partial charge < -0.3 is 15.5 Å². The predicted octanol–water partition coefficient (Wildman–Crippen LogP) is -0.990. The number of rotatable bonds is 7. The van der Waals surface area contributed by atoms with Crippen molar-refractivity contribution in [2.75, 3.05) is 6.54 Å². The van der Waals surface area contributed by atoms with E-state index < -0.39 is 41.8 Å². The van der Waals surface area contributed by atoms with Crippen LogP contribution in [0, 0.1) is 0 Å². The Morgan fingerprint density at radius 2 is 1.81 bits per heavy atom. The number of carbonyl (C=O) groups excluding carboxylic acids is 1. The lowest BCUT2D eigenvalue weighted by molar-refractivity contribution is -0.156. The summed E-state index contributed by atoms with van der Waals surface area (Å²) in [5.74, 6) is -2.26. The molecule has 3 N–H and O–H groups in total. The SMILES string of the molecule is CC(O)(CNC(=O)Cn1c(=O)ccn(Cc2ccccc2)c1=O)C(=O)O. The maximum absolute atomic E-state index is 12.4. The van der Waals surface area contributed by atoms with Gasteiger partial charge in [-0.25, -0.2) is 9.59 Å². The van der Waals surface area contributed by atoms with Crippen LogP contribution in [0.1, 0.15) is 12.5 Å². The van der Waals surface area contributed by atoms with Crippen LogP contribution in [0.5, 0.6) is 0 Å². The van der Waals surface area contributed by atoms with Crippen molar-refractivity contribution in [1.29, 1.82) is 0 Å². The first-order valence-electron chi connectivity index (χ1n) is 7.77. The van der Waals surface area contributed by atoms with E-state index in [1.54, 1.807) is 0 Å². The van der Waals surface area contributed by atoms with Crippen molar-refractivity contribution in [1.82, 2.24) is 14.5 Å². The van der Waals surface area contributed by atoms with Gasteiger partial charge >= 0.3 is 11.7 Å². The highest BCUT2D eigenvalue weighted by atomic mass is 16.4. The van der Waals surface area contributed by atoms with Gasteiger partial charge in [0.25, 0.3) is 5.56 Å². The molecule has 2 aromatic rings. The first kappa shape index (κ1) is 19.1. The van der Waals surface area contributed by atoms with Crippen LogP contribution >= 0.6 is 0 Å². The van der Waals surface area contributed by atoms with E-state index in [0.717, 1.165) is 17.1 Å². The zero-order valence-corrected chi connectivity index (χ0v) is 14.1. The minimum Gasteiger partial charge on any atom is -0.479 e. The number of carboxylic acid groups (broad SMARTS) is 1. The number of aromatic nitrogens is 2. The number of nitrogens with zero attached hydrogens (tertiary/aromatic N) is 2. The Hall–Kier alpha value is -3.20. The van der Waals surface area contributed by atoms with Gasteiger partial charge in [0, 0.05) is 12.3 Å². The van der Waals surface area contributed by atoms with E-state index in [9.17, 15) is 24.3 Å². The minimum absolute atomic E-state index is 0.231. The number of hydrogen-bond donors (Lipinski definition) is 3. The summed E-state index contributed by atoms with van der Waals surface area (Å²) in [4.78, 5) is 47.1. The van der Waals surface area contributed by atoms with E-state index in [2.05, 4.69) is 5.32 Å². The average Bonchev–Trinajstić information content (AvgIpc) is 2.60. The third-order valence-corrected chi connectivity index (χ3v) is 3.73. The summed E-state index contributed by atoms with van der Waals surface area (Å²) in [6, 6.07) is 10.3. The normalized spacial score (nSPS) is 13.0. The summed E-state index contributed by atoms with van der Waals surface area (Å²) < 4.78 is 2.03. The number of amides is 1. The van der Waals surface area contributed by atoms with E-state index >= 15 is 0 Å². The molecule has 0 aliphatic carbocycles. The standard InChI is InChI=1S/C17H19N3O6/c1-17(26,15(23)24)11-18-13(21)10-20-14(22)7-8-19(16(20)25)9-12-5-3-2-4-6-12/h2-8,26H,9-11H2,1H3,(H,18,21)(H,23,24). The summed E-state index contributed by atoms with van der Waals surface area (Å²) in [6.45, 7) is 0.121. The lowest BCUT2D eigenvalue weighted by Crippen LogP contribution is -2.49. The number of carbonyl (C=O) groups is 2. The van der Waals surface area contributed by atoms with Gasteiger partial charge in [-0.05, 0) is 12.5 Å². The highest BCUT2D eigenvalue weighted by molar-refractivity contribution is 5.80. The molecule has 0 fully saturated rings. The van der Waals surface area contributed by atoms with Crippen molar-refractivity contribution in [3.05, 3.63) is 69.0 Å². The maximum atomic E-state index is 12.4. The van der Waals surface area contributed by atoms with Crippen LogP contribution in [0.25, 0.3) is 0 Å². The van der Waals surface area contributed by atoms with Gasteiger partial charge in [0.15, 0.2) is 5.60 Å². The van der Waals surface area contributed by atoms with Crippen molar-refractivity contribution in [2.45, 2.75) is 25.6 Å². The summed E-state index contributed by atoms with van der Waals surface area (Å²) in [6.07, 6.45) is 1.35. The molecule has 138 valence electrons. The third kappa shape index (κ3) is 4.67. The Morgan fingerprint density at radius 1 is 1.15 bits per heavy atom. The number of hydrogen-bond acceptors (Lipinski definition) is 5. The lowest BCUT2D eigenvalue weighted by atomic mass is 10.1. The Labute approximate surface area is 148 Å². The van der Waals surface area contributed by atoms with Crippen LogP contribution in [-0.2, 0) is 22.7 Å². The summed E-state index contributed by atoms with van der Waals surface area (Å²) >= 11 is 0. The van der Waals surface area contributed by atoms with Crippen LogP contribution in [-0.4, -0.2) is 43.4 Å². The molecule has 26 heavy (non-hydrogen) atoms. The Kier molecular flexibility index (Phi) is 5.73. The highest BCUT2D eigenvalue weighted by Crippen LogP contribution is 2.01. The molecule has 1 heterocycles. The molecule has 1 aromatic carbocycles. The zero-order valence-electron chi connectivity index (χ0n) is 14.1. The fourth-order valence-corrected chi connectivity index (χ4v) is 2.15. The number of benzene rings is 1. The number of nitrogens with one attached hydrogen (secondary N) is 1. The van der Waals surface area contributed by atoms with Gasteiger partial charge in [-0.15, -0.1) is 0 Å². The molecule has 0 bridgehead atoms. The minimum atomic E-state index is -2.15. The number of aliphatic hydroxyl groups is 1. The molecule has 2 rings (SSSR count). The molecule has 0 saturated carbocycles. The molecule has 1 atom stereocenters.